The first-order chi connectivity index (χ1) is 9.69. The van der Waals surface area contributed by atoms with Gasteiger partial charge in [-0.25, -0.2) is 4.98 Å². The molecule has 0 saturated carbocycles. The molecule has 0 unspecified atom stereocenters. The van der Waals surface area contributed by atoms with Gasteiger partial charge in [-0.2, -0.15) is 0 Å². The summed E-state index contributed by atoms with van der Waals surface area (Å²) in [4.78, 5) is 4.64. The molecule has 0 aliphatic rings. The van der Waals surface area contributed by atoms with E-state index in [-0.39, 0.29) is 0 Å². The highest BCUT2D eigenvalue weighted by molar-refractivity contribution is 7.98. The van der Waals surface area contributed by atoms with Crippen LogP contribution in [0, 0.1) is 6.92 Å². The molecule has 3 aromatic rings. The van der Waals surface area contributed by atoms with Crippen LogP contribution in [0.4, 0.5) is 0 Å². The second-order valence-corrected chi connectivity index (χ2v) is 5.55. The second kappa shape index (κ2) is 5.26. The van der Waals surface area contributed by atoms with Gasteiger partial charge in [-0.3, -0.25) is 0 Å². The number of aryl methyl sites for hydroxylation is 1. The quantitative estimate of drug-likeness (QED) is 0.737. The summed E-state index contributed by atoms with van der Waals surface area (Å²) in [6.45, 7) is 2.47. The molecule has 3 aromatic heterocycles. The van der Waals surface area contributed by atoms with Crippen molar-refractivity contribution in [3.63, 3.8) is 0 Å². The number of pyridine rings is 1. The summed E-state index contributed by atoms with van der Waals surface area (Å²) in [5, 5.41) is 9.04. The van der Waals surface area contributed by atoms with Gasteiger partial charge in [-0.15, -0.1) is 10.2 Å². The van der Waals surface area contributed by atoms with Gasteiger partial charge in [0.15, 0.2) is 5.16 Å². The molecule has 0 bridgehead atoms. The molecule has 3 heterocycles. The Morgan fingerprint density at radius 1 is 1.35 bits per heavy atom. The highest BCUT2D eigenvalue weighted by Crippen LogP contribution is 2.21. The lowest BCUT2D eigenvalue weighted by Gasteiger charge is -2.00. The molecule has 7 heteroatoms. The number of fused-ring (bicyclic) bond motifs is 1. The number of nitrogens with two attached hydrogens (primary N) is 1. The molecule has 0 saturated heterocycles. The minimum absolute atomic E-state index is 0.400. The molecule has 0 fully saturated rings. The number of rotatable bonds is 4. The summed E-state index contributed by atoms with van der Waals surface area (Å²) < 4.78 is 3.97. The van der Waals surface area contributed by atoms with Gasteiger partial charge in [-0.1, -0.05) is 17.8 Å². The van der Waals surface area contributed by atoms with E-state index < -0.39 is 0 Å². The fraction of sp³-hybridized carbons (Fsp3) is 0.308. The van der Waals surface area contributed by atoms with Crippen LogP contribution < -0.4 is 5.73 Å². The zero-order valence-electron chi connectivity index (χ0n) is 11.4. The fourth-order valence-corrected chi connectivity index (χ4v) is 2.87. The topological polar surface area (TPSA) is 74.0 Å². The Hall–Kier alpha value is -1.86. The smallest absolute Gasteiger partial charge is 0.191 e. The molecular weight excluding hydrogens is 272 g/mol. The number of thioether (sulfide) groups is 1. The predicted octanol–water partition coefficient (Wildman–Crippen LogP) is 1.52. The molecule has 0 aliphatic carbocycles. The molecule has 0 aliphatic heterocycles. The average molecular weight is 288 g/mol. The highest BCUT2D eigenvalue weighted by Gasteiger charge is 2.09. The van der Waals surface area contributed by atoms with E-state index in [4.69, 9.17) is 5.73 Å². The number of hydrogen-bond donors (Lipinski definition) is 1. The van der Waals surface area contributed by atoms with Crippen molar-refractivity contribution in [2.24, 2.45) is 12.8 Å². The van der Waals surface area contributed by atoms with Crippen molar-refractivity contribution in [3.05, 3.63) is 41.6 Å². The standard InChI is InChI=1S/C13H16N6S/c1-9-4-3-5-19-7-10(15-12(9)19)8-20-13-17-16-11(6-14)18(13)2/h3-5,7H,6,8,14H2,1-2H3. The van der Waals surface area contributed by atoms with Gasteiger partial charge in [0.05, 0.1) is 12.2 Å². The van der Waals surface area contributed by atoms with Gasteiger partial charge in [0.2, 0.25) is 0 Å². The maximum Gasteiger partial charge on any atom is 0.191 e. The van der Waals surface area contributed by atoms with E-state index in [0.29, 0.717) is 6.54 Å². The van der Waals surface area contributed by atoms with Gasteiger partial charge in [0.1, 0.15) is 11.5 Å². The molecule has 2 N–H and O–H groups in total. The van der Waals surface area contributed by atoms with Gasteiger partial charge in [0.25, 0.3) is 0 Å². The number of nitrogens with zero attached hydrogens (tertiary/aromatic N) is 5. The summed E-state index contributed by atoms with van der Waals surface area (Å²) in [5.41, 5.74) is 8.80. The number of imidazole rings is 1. The van der Waals surface area contributed by atoms with Crippen molar-refractivity contribution < 1.29 is 0 Å². The predicted molar refractivity (Wildman–Crippen MR) is 78.4 cm³/mol. The van der Waals surface area contributed by atoms with E-state index in [2.05, 4.69) is 34.4 Å². The van der Waals surface area contributed by atoms with Crippen molar-refractivity contribution >= 4 is 17.4 Å². The number of aromatic nitrogens is 5. The first-order valence-electron chi connectivity index (χ1n) is 6.33. The third-order valence-corrected chi connectivity index (χ3v) is 4.24. The summed E-state index contributed by atoms with van der Waals surface area (Å²) in [6.07, 6.45) is 4.06. The Bertz CT molecular complexity index is 744. The van der Waals surface area contributed by atoms with E-state index in [1.54, 1.807) is 11.8 Å². The first-order valence-corrected chi connectivity index (χ1v) is 7.32. The third-order valence-electron chi connectivity index (χ3n) is 3.18. The van der Waals surface area contributed by atoms with Crippen LogP contribution in [-0.2, 0) is 19.3 Å². The largest absolute Gasteiger partial charge is 0.324 e. The van der Waals surface area contributed by atoms with Gasteiger partial charge in [0, 0.05) is 25.2 Å². The Morgan fingerprint density at radius 2 is 2.20 bits per heavy atom. The van der Waals surface area contributed by atoms with Crippen molar-refractivity contribution in [3.8, 4) is 0 Å². The third kappa shape index (κ3) is 2.30. The molecule has 6 nitrogen and oxygen atoms in total. The normalized spacial score (nSPS) is 11.3. The zero-order valence-corrected chi connectivity index (χ0v) is 12.3. The molecule has 0 amide bonds. The van der Waals surface area contributed by atoms with Crippen LogP contribution >= 0.6 is 11.8 Å². The Balaban J connectivity index is 1.79. The van der Waals surface area contributed by atoms with E-state index in [9.17, 15) is 0 Å². The lowest BCUT2D eigenvalue weighted by molar-refractivity contribution is 0.734. The van der Waals surface area contributed by atoms with Gasteiger partial charge in [-0.05, 0) is 18.6 Å². The molecule has 20 heavy (non-hydrogen) atoms. The first kappa shape index (κ1) is 13.1. The molecule has 0 atom stereocenters. The summed E-state index contributed by atoms with van der Waals surface area (Å²) >= 11 is 1.62. The van der Waals surface area contributed by atoms with Crippen molar-refractivity contribution in [2.75, 3.05) is 0 Å². The molecular formula is C13H16N6S. The van der Waals surface area contributed by atoms with E-state index in [0.717, 1.165) is 28.1 Å². The molecule has 0 radical (unpaired) electrons. The van der Waals surface area contributed by atoms with Gasteiger partial charge >= 0.3 is 0 Å². The highest BCUT2D eigenvalue weighted by atomic mass is 32.2. The maximum atomic E-state index is 5.59. The van der Waals surface area contributed by atoms with Crippen LogP contribution in [0.1, 0.15) is 17.1 Å². The lowest BCUT2D eigenvalue weighted by Crippen LogP contribution is -2.05. The van der Waals surface area contributed by atoms with E-state index in [1.165, 1.54) is 5.56 Å². The fourth-order valence-electron chi connectivity index (χ4n) is 2.06. The van der Waals surface area contributed by atoms with Crippen LogP contribution in [0.2, 0.25) is 0 Å². The maximum absolute atomic E-state index is 5.59. The monoisotopic (exact) mass is 288 g/mol. The lowest BCUT2D eigenvalue weighted by atomic mass is 10.3. The van der Waals surface area contributed by atoms with Gasteiger partial charge < -0.3 is 14.7 Å². The van der Waals surface area contributed by atoms with E-state index in [1.807, 2.05) is 28.3 Å². The van der Waals surface area contributed by atoms with Crippen LogP contribution in [-0.4, -0.2) is 24.1 Å². The minimum Gasteiger partial charge on any atom is -0.324 e. The van der Waals surface area contributed by atoms with Crippen LogP contribution in [0.25, 0.3) is 5.65 Å². The summed E-state index contributed by atoms with van der Waals surface area (Å²) in [7, 11) is 1.93. The molecule has 0 spiro atoms. The Kier molecular flexibility index (Phi) is 3.45. The Morgan fingerprint density at radius 3 is 2.90 bits per heavy atom. The van der Waals surface area contributed by atoms with Crippen LogP contribution in [0.3, 0.4) is 0 Å². The summed E-state index contributed by atoms with van der Waals surface area (Å²) in [6, 6.07) is 4.09. The Labute approximate surface area is 121 Å². The van der Waals surface area contributed by atoms with Crippen molar-refractivity contribution in [2.45, 2.75) is 24.4 Å². The second-order valence-electron chi connectivity index (χ2n) is 4.60. The SMILES string of the molecule is Cc1cccn2cc(CSc3nnc(CN)n3C)nc12. The number of hydrogen-bond acceptors (Lipinski definition) is 5. The zero-order chi connectivity index (χ0) is 14.1. The van der Waals surface area contributed by atoms with E-state index >= 15 is 0 Å². The molecule has 104 valence electrons. The minimum atomic E-state index is 0.400. The average Bonchev–Trinajstić information content (AvgIpc) is 3.01. The van der Waals surface area contributed by atoms with Crippen molar-refractivity contribution in [1.82, 2.24) is 24.1 Å². The van der Waals surface area contributed by atoms with Crippen LogP contribution in [0.5, 0.6) is 0 Å². The molecule has 3 rings (SSSR count). The van der Waals surface area contributed by atoms with Crippen molar-refractivity contribution in [1.29, 1.82) is 0 Å². The molecule has 0 aromatic carbocycles. The van der Waals surface area contributed by atoms with Crippen LogP contribution in [0.15, 0.2) is 29.7 Å². The summed E-state index contributed by atoms with van der Waals surface area (Å²) in [5.74, 6) is 1.55.